The summed E-state index contributed by atoms with van der Waals surface area (Å²) in [5, 5.41) is 12.3. The zero-order valence-electron chi connectivity index (χ0n) is 14.5. The normalized spacial score (nSPS) is 11.6. The maximum Gasteiger partial charge on any atom is 0.299 e. The third kappa shape index (κ3) is 4.84. The minimum Gasteiger partial charge on any atom is -0.483 e. The quantitative estimate of drug-likeness (QED) is 0.328. The fourth-order valence-electron chi connectivity index (χ4n) is 2.16. The highest BCUT2D eigenvalue weighted by Crippen LogP contribution is 2.33. The average molecular weight is 447 g/mol. The highest BCUT2D eigenvalue weighted by atomic mass is 35.5. The van der Waals surface area contributed by atoms with Gasteiger partial charge in [0, 0.05) is 0 Å². The molecule has 1 aromatic carbocycles. The molecule has 0 aliphatic carbocycles. The molecule has 0 unspecified atom stereocenters. The number of hydrogen-bond donors (Lipinski definition) is 0. The van der Waals surface area contributed by atoms with E-state index in [2.05, 4.69) is 15.3 Å². The molecule has 0 spiro atoms. The van der Waals surface area contributed by atoms with Gasteiger partial charge < -0.3 is 9.15 Å². The van der Waals surface area contributed by atoms with Crippen molar-refractivity contribution in [1.82, 2.24) is 14.9 Å². The smallest absolute Gasteiger partial charge is 0.299 e. The maximum atomic E-state index is 13.1. The van der Waals surface area contributed by atoms with Gasteiger partial charge in [-0.3, -0.25) is 0 Å². The fraction of sp³-hybridized carbons (Fsp3) is 0.235. The monoisotopic (exact) mass is 446 g/mol. The zero-order valence-corrected chi connectivity index (χ0v) is 16.8. The number of halogens is 4. The molecule has 0 bridgehead atoms. The van der Waals surface area contributed by atoms with Crippen molar-refractivity contribution >= 4 is 41.2 Å². The van der Waals surface area contributed by atoms with Crippen LogP contribution in [0.15, 0.2) is 45.0 Å². The van der Waals surface area contributed by atoms with Crippen molar-refractivity contribution in [3.8, 4) is 5.75 Å². The topological polar surface area (TPSA) is 65.4 Å². The average Bonchev–Trinajstić information content (AvgIpc) is 3.27. The van der Waals surface area contributed by atoms with Crippen LogP contribution in [0.5, 0.6) is 5.75 Å². The molecular weight excluding hydrogens is 433 g/mol. The molecule has 0 atom stereocenters. The Balaban J connectivity index is 1.72. The third-order valence-corrected chi connectivity index (χ3v) is 4.76. The lowest BCUT2D eigenvalue weighted by atomic mass is 10.3. The van der Waals surface area contributed by atoms with Crippen molar-refractivity contribution in [1.29, 1.82) is 0 Å². The number of hydrogen-bond acceptors (Lipinski definition) is 6. The van der Waals surface area contributed by atoms with Crippen LogP contribution in [0.25, 0.3) is 0 Å². The summed E-state index contributed by atoms with van der Waals surface area (Å²) in [5.74, 6) is 1.30. The molecule has 2 heterocycles. The van der Waals surface area contributed by atoms with E-state index in [9.17, 15) is 8.78 Å². The van der Waals surface area contributed by atoms with Gasteiger partial charge in [-0.15, -0.1) is 10.2 Å². The van der Waals surface area contributed by atoms with E-state index in [1.807, 2.05) is 6.92 Å². The predicted octanol–water partition coefficient (Wildman–Crippen LogP) is 5.69. The van der Waals surface area contributed by atoms with Crippen LogP contribution in [0.1, 0.15) is 30.7 Å². The number of thioether (sulfide) groups is 1. The lowest BCUT2D eigenvalue weighted by molar-refractivity contribution is 0.135. The van der Waals surface area contributed by atoms with Gasteiger partial charge in [0.2, 0.25) is 11.0 Å². The van der Waals surface area contributed by atoms with E-state index in [-0.39, 0.29) is 11.8 Å². The standard InChI is InChI=1S/C17H14Cl2F2N4O2S/c1-2-28-17-24-23-16(15(20)21)25(17)22-8-10-6-7-11(27-10)9-26-14-12(18)4-3-5-13(14)19/h3-8,15H,2,9H2,1H3. The molecule has 148 valence electrons. The molecule has 0 radical (unpaired) electrons. The van der Waals surface area contributed by atoms with Gasteiger partial charge in [0.25, 0.3) is 6.43 Å². The molecule has 0 aliphatic rings. The summed E-state index contributed by atoms with van der Waals surface area (Å²) in [5.41, 5.74) is 0. The van der Waals surface area contributed by atoms with Crippen molar-refractivity contribution in [3.63, 3.8) is 0 Å². The van der Waals surface area contributed by atoms with Crippen molar-refractivity contribution in [2.45, 2.75) is 25.1 Å². The summed E-state index contributed by atoms with van der Waals surface area (Å²) in [4.78, 5) is 0. The van der Waals surface area contributed by atoms with Crippen LogP contribution in [-0.2, 0) is 6.61 Å². The number of ether oxygens (including phenoxy) is 1. The first-order valence-corrected chi connectivity index (χ1v) is 9.80. The summed E-state index contributed by atoms with van der Waals surface area (Å²) in [6.07, 6.45) is -1.49. The SMILES string of the molecule is CCSc1nnc(C(F)F)n1N=Cc1ccc(COc2c(Cl)cccc2Cl)o1. The molecule has 0 aliphatic heterocycles. The molecule has 0 saturated carbocycles. The van der Waals surface area contributed by atoms with E-state index >= 15 is 0 Å². The predicted molar refractivity (Wildman–Crippen MR) is 104 cm³/mol. The van der Waals surface area contributed by atoms with Gasteiger partial charge >= 0.3 is 0 Å². The van der Waals surface area contributed by atoms with Gasteiger partial charge in [-0.05, 0) is 30.0 Å². The molecule has 3 rings (SSSR count). The Kier molecular flexibility index (Phi) is 6.93. The molecule has 11 heteroatoms. The van der Waals surface area contributed by atoms with Crippen molar-refractivity contribution in [2.75, 3.05) is 5.75 Å². The molecule has 2 aromatic heterocycles. The van der Waals surface area contributed by atoms with Gasteiger partial charge in [-0.25, -0.2) is 8.78 Å². The molecule has 28 heavy (non-hydrogen) atoms. The molecule has 0 N–H and O–H groups in total. The summed E-state index contributed by atoms with van der Waals surface area (Å²) in [7, 11) is 0. The number of aromatic nitrogens is 3. The number of alkyl halides is 2. The van der Waals surface area contributed by atoms with E-state index in [0.29, 0.717) is 33.1 Å². The molecule has 6 nitrogen and oxygen atoms in total. The fourth-order valence-corrected chi connectivity index (χ4v) is 3.29. The number of para-hydroxylation sites is 1. The van der Waals surface area contributed by atoms with E-state index in [1.165, 1.54) is 18.0 Å². The van der Waals surface area contributed by atoms with Crippen LogP contribution in [-0.4, -0.2) is 26.8 Å². The van der Waals surface area contributed by atoms with E-state index in [4.69, 9.17) is 32.4 Å². The van der Waals surface area contributed by atoms with E-state index in [1.54, 1.807) is 30.3 Å². The second-order valence-electron chi connectivity index (χ2n) is 5.27. The Hall–Kier alpha value is -2.10. The van der Waals surface area contributed by atoms with Gasteiger partial charge in [0.05, 0.1) is 16.3 Å². The number of nitrogens with zero attached hydrogens (tertiary/aromatic N) is 4. The maximum absolute atomic E-state index is 13.1. The van der Waals surface area contributed by atoms with Crippen molar-refractivity contribution < 1.29 is 17.9 Å². The van der Waals surface area contributed by atoms with Crippen LogP contribution in [0.2, 0.25) is 10.0 Å². The van der Waals surface area contributed by atoms with Crippen LogP contribution in [0, 0.1) is 0 Å². The second kappa shape index (κ2) is 9.40. The Bertz CT molecular complexity index is 958. The van der Waals surface area contributed by atoms with Gasteiger partial charge in [-0.1, -0.05) is 48.0 Å². The highest BCUT2D eigenvalue weighted by Gasteiger charge is 2.20. The Morgan fingerprint density at radius 2 is 2.00 bits per heavy atom. The largest absolute Gasteiger partial charge is 0.483 e. The zero-order chi connectivity index (χ0) is 20.1. The lowest BCUT2D eigenvalue weighted by Gasteiger charge is -2.07. The van der Waals surface area contributed by atoms with E-state index < -0.39 is 12.2 Å². The third-order valence-electron chi connectivity index (χ3n) is 3.37. The van der Waals surface area contributed by atoms with Crippen LogP contribution in [0.4, 0.5) is 8.78 Å². The Labute approximate surface area is 173 Å². The molecule has 3 aromatic rings. The van der Waals surface area contributed by atoms with Gasteiger partial charge in [0.15, 0.2) is 5.75 Å². The molecule has 0 amide bonds. The second-order valence-corrected chi connectivity index (χ2v) is 7.32. The lowest BCUT2D eigenvalue weighted by Crippen LogP contribution is -2.00. The van der Waals surface area contributed by atoms with Crippen molar-refractivity contribution in [2.24, 2.45) is 5.10 Å². The number of furan rings is 1. The molecular formula is C17H14Cl2F2N4O2S. The van der Waals surface area contributed by atoms with Crippen LogP contribution >= 0.6 is 35.0 Å². The van der Waals surface area contributed by atoms with Gasteiger partial charge in [-0.2, -0.15) is 9.78 Å². The number of benzene rings is 1. The minimum absolute atomic E-state index is 0.0865. The summed E-state index contributed by atoms with van der Waals surface area (Å²) >= 11 is 13.4. The van der Waals surface area contributed by atoms with Gasteiger partial charge in [0.1, 0.15) is 18.1 Å². The summed E-state index contributed by atoms with van der Waals surface area (Å²) in [6.45, 7) is 1.96. The first-order chi connectivity index (χ1) is 13.5. The molecule has 0 fully saturated rings. The first-order valence-electron chi connectivity index (χ1n) is 8.05. The Morgan fingerprint density at radius 3 is 2.68 bits per heavy atom. The highest BCUT2D eigenvalue weighted by molar-refractivity contribution is 7.99. The van der Waals surface area contributed by atoms with Crippen molar-refractivity contribution in [3.05, 3.63) is 57.7 Å². The molecule has 0 saturated heterocycles. The summed E-state index contributed by atoms with van der Waals surface area (Å²) in [6, 6.07) is 8.34. The van der Waals surface area contributed by atoms with E-state index in [0.717, 1.165) is 4.68 Å². The van der Waals surface area contributed by atoms with Crippen LogP contribution < -0.4 is 4.74 Å². The minimum atomic E-state index is -2.79. The number of rotatable bonds is 8. The van der Waals surface area contributed by atoms with Crippen LogP contribution in [0.3, 0.4) is 0 Å². The Morgan fingerprint density at radius 1 is 1.25 bits per heavy atom. The summed E-state index contributed by atoms with van der Waals surface area (Å²) < 4.78 is 38.3. The first kappa shape index (κ1) is 20.6.